The molecule has 0 N–H and O–H groups in total. The number of nitrogens with zero attached hydrogens (tertiary/aromatic N) is 2. The van der Waals surface area contributed by atoms with Crippen LogP contribution in [0.5, 0.6) is 0 Å². The molecule has 6 heteroatoms. The summed E-state index contributed by atoms with van der Waals surface area (Å²) in [4.78, 5) is 27.2. The number of benzene rings is 1. The molecule has 2 heterocycles. The maximum Gasteiger partial charge on any atom is 0.312 e. The van der Waals surface area contributed by atoms with Gasteiger partial charge >= 0.3 is 5.97 Å². The third kappa shape index (κ3) is 4.50. The van der Waals surface area contributed by atoms with Gasteiger partial charge in [-0.15, -0.1) is 0 Å². The van der Waals surface area contributed by atoms with Gasteiger partial charge in [-0.05, 0) is 38.2 Å². The predicted octanol–water partition coefficient (Wildman–Crippen LogP) is 2.74. The molecule has 0 atom stereocenters. The van der Waals surface area contributed by atoms with Crippen molar-refractivity contribution in [2.45, 2.75) is 32.6 Å². The van der Waals surface area contributed by atoms with E-state index in [4.69, 9.17) is 4.74 Å². The Labute approximate surface area is 165 Å². The largest absolute Gasteiger partial charge is 0.619 e. The highest BCUT2D eigenvalue weighted by atomic mass is 16.5. The van der Waals surface area contributed by atoms with Crippen LogP contribution in [0.2, 0.25) is 0 Å². The molecular weight excluding hydrogens is 356 g/mol. The van der Waals surface area contributed by atoms with Gasteiger partial charge in [-0.2, -0.15) is 4.73 Å². The van der Waals surface area contributed by atoms with Crippen LogP contribution in [0, 0.1) is 10.6 Å². The zero-order valence-electron chi connectivity index (χ0n) is 16.2. The van der Waals surface area contributed by atoms with Crippen molar-refractivity contribution in [2.24, 2.45) is 5.41 Å². The van der Waals surface area contributed by atoms with Crippen LogP contribution < -0.4 is 4.73 Å². The number of carbonyl (C=O) groups excluding carboxylic acids is 2. The first kappa shape index (κ1) is 19.9. The molecular formula is C22H26N2O4. The summed E-state index contributed by atoms with van der Waals surface area (Å²) in [6.45, 7) is 3.17. The molecule has 1 saturated heterocycles. The normalized spacial score (nSPS) is 15.8. The Balaban J connectivity index is 1.68. The van der Waals surface area contributed by atoms with E-state index in [9.17, 15) is 14.8 Å². The number of aromatic nitrogens is 1. The van der Waals surface area contributed by atoms with Gasteiger partial charge in [-0.25, -0.2) is 0 Å². The van der Waals surface area contributed by atoms with Crippen molar-refractivity contribution in [1.29, 1.82) is 0 Å². The first-order valence-electron chi connectivity index (χ1n) is 9.73. The second-order valence-electron chi connectivity index (χ2n) is 7.23. The van der Waals surface area contributed by atoms with E-state index < -0.39 is 5.41 Å². The van der Waals surface area contributed by atoms with Gasteiger partial charge in [0.2, 0.25) is 0 Å². The van der Waals surface area contributed by atoms with Crippen molar-refractivity contribution >= 4 is 11.9 Å². The lowest BCUT2D eigenvalue weighted by molar-refractivity contribution is -0.605. The van der Waals surface area contributed by atoms with E-state index in [1.165, 1.54) is 30.1 Å². The Morgan fingerprint density at radius 3 is 2.36 bits per heavy atom. The highest BCUT2D eigenvalue weighted by molar-refractivity contribution is 5.94. The number of amides is 1. The number of carbonyl (C=O) groups is 2. The first-order chi connectivity index (χ1) is 13.5. The Hall–Kier alpha value is -2.89. The van der Waals surface area contributed by atoms with E-state index >= 15 is 0 Å². The molecule has 148 valence electrons. The number of likely N-dealkylation sites (tertiary alicyclic amines) is 1. The molecule has 1 aromatic carbocycles. The third-order valence-corrected chi connectivity index (χ3v) is 5.50. The monoisotopic (exact) mass is 382 g/mol. The summed E-state index contributed by atoms with van der Waals surface area (Å²) in [5, 5.41) is 11.2. The first-order valence-corrected chi connectivity index (χ1v) is 9.73. The van der Waals surface area contributed by atoms with E-state index in [0.29, 0.717) is 49.3 Å². The van der Waals surface area contributed by atoms with Crippen molar-refractivity contribution in [3.63, 3.8) is 0 Å². The van der Waals surface area contributed by atoms with Crippen LogP contribution in [0.15, 0.2) is 54.9 Å². The molecule has 1 amide bonds. The summed E-state index contributed by atoms with van der Waals surface area (Å²) in [5.74, 6) is -0.272. The smallest absolute Gasteiger partial charge is 0.312 e. The molecule has 1 aliphatic heterocycles. The van der Waals surface area contributed by atoms with Crippen LogP contribution >= 0.6 is 0 Å². The topological polar surface area (TPSA) is 73.5 Å². The van der Waals surface area contributed by atoms with Gasteiger partial charge in [0.25, 0.3) is 5.91 Å². The molecule has 1 aromatic heterocycles. The van der Waals surface area contributed by atoms with Gasteiger partial charge in [0.15, 0.2) is 12.4 Å². The minimum absolute atomic E-state index is 0.110. The second-order valence-corrected chi connectivity index (χ2v) is 7.23. The Kier molecular flexibility index (Phi) is 6.29. The van der Waals surface area contributed by atoms with E-state index in [2.05, 4.69) is 12.1 Å². The van der Waals surface area contributed by atoms with Gasteiger partial charge < -0.3 is 14.8 Å². The number of piperidine rings is 1. The van der Waals surface area contributed by atoms with Crippen molar-refractivity contribution in [3.8, 4) is 0 Å². The molecule has 1 aliphatic rings. The van der Waals surface area contributed by atoms with Crippen molar-refractivity contribution in [1.82, 2.24) is 4.90 Å². The number of rotatable bonds is 6. The lowest BCUT2D eigenvalue weighted by atomic mass is 9.74. The fourth-order valence-electron chi connectivity index (χ4n) is 3.74. The molecule has 0 bridgehead atoms. The van der Waals surface area contributed by atoms with Gasteiger partial charge in [0.1, 0.15) is 0 Å². The molecule has 0 aliphatic carbocycles. The number of hydrogen-bond acceptors (Lipinski definition) is 4. The van der Waals surface area contributed by atoms with Crippen LogP contribution in [0.1, 0.15) is 42.1 Å². The Bertz CT molecular complexity index is 797. The summed E-state index contributed by atoms with van der Waals surface area (Å²) < 4.78 is 6.04. The average Bonchev–Trinajstić information content (AvgIpc) is 2.73. The fraction of sp³-hybridized carbons (Fsp3) is 0.409. The van der Waals surface area contributed by atoms with Gasteiger partial charge in [-0.3, -0.25) is 9.59 Å². The van der Waals surface area contributed by atoms with Crippen molar-refractivity contribution < 1.29 is 19.1 Å². The number of hydrogen-bond donors (Lipinski definition) is 0. The molecule has 0 radical (unpaired) electrons. The van der Waals surface area contributed by atoms with Gasteiger partial charge in [-0.1, -0.05) is 30.3 Å². The SMILES string of the molecule is CCOC(=O)C1(CCc2ccccc2)CCN(C(=O)c2cc[n+]([O-])cc2)CC1. The van der Waals surface area contributed by atoms with E-state index in [-0.39, 0.29) is 11.9 Å². The highest BCUT2D eigenvalue weighted by Gasteiger charge is 2.43. The van der Waals surface area contributed by atoms with E-state index in [0.717, 1.165) is 6.42 Å². The zero-order chi connectivity index (χ0) is 20.0. The van der Waals surface area contributed by atoms with Gasteiger partial charge in [0.05, 0.1) is 17.6 Å². The quantitative estimate of drug-likeness (QED) is 0.437. The standard InChI is InChI=1S/C22H26N2O4/c1-2-28-21(26)22(11-8-18-6-4-3-5-7-18)12-16-23(17-13-22)20(25)19-9-14-24(27)15-10-19/h3-7,9-10,14-15H,2,8,11-13,16-17H2,1H3. The molecule has 1 fully saturated rings. The average molecular weight is 382 g/mol. The molecule has 28 heavy (non-hydrogen) atoms. The summed E-state index contributed by atoms with van der Waals surface area (Å²) in [6.07, 6.45) is 5.31. The lowest BCUT2D eigenvalue weighted by Crippen LogP contribution is -2.47. The number of pyridine rings is 1. The minimum atomic E-state index is -0.558. The summed E-state index contributed by atoms with van der Waals surface area (Å²) in [7, 11) is 0. The van der Waals surface area contributed by atoms with Crippen LogP contribution in [-0.2, 0) is 16.0 Å². The summed E-state index contributed by atoms with van der Waals surface area (Å²) in [6, 6.07) is 13.2. The van der Waals surface area contributed by atoms with Crippen LogP contribution in [0.25, 0.3) is 0 Å². The van der Waals surface area contributed by atoms with Crippen LogP contribution in [-0.4, -0.2) is 36.5 Å². The van der Waals surface area contributed by atoms with Crippen LogP contribution in [0.4, 0.5) is 0 Å². The fourth-order valence-corrected chi connectivity index (χ4v) is 3.74. The zero-order valence-corrected chi connectivity index (χ0v) is 16.2. The number of aryl methyl sites for hydroxylation is 1. The minimum Gasteiger partial charge on any atom is -0.619 e. The van der Waals surface area contributed by atoms with Crippen LogP contribution in [0.3, 0.4) is 0 Å². The molecule has 0 saturated carbocycles. The predicted molar refractivity (Wildman–Crippen MR) is 104 cm³/mol. The van der Waals surface area contributed by atoms with Gasteiger partial charge in [0, 0.05) is 25.2 Å². The molecule has 0 unspecified atom stereocenters. The number of ether oxygens (including phenoxy) is 1. The highest BCUT2D eigenvalue weighted by Crippen LogP contribution is 2.38. The summed E-state index contributed by atoms with van der Waals surface area (Å²) >= 11 is 0. The maximum absolute atomic E-state index is 12.8. The van der Waals surface area contributed by atoms with Crippen molar-refractivity contribution in [3.05, 3.63) is 71.2 Å². The second kappa shape index (κ2) is 8.87. The third-order valence-electron chi connectivity index (χ3n) is 5.50. The van der Waals surface area contributed by atoms with E-state index in [1.807, 2.05) is 25.1 Å². The molecule has 6 nitrogen and oxygen atoms in total. The lowest BCUT2D eigenvalue weighted by Gasteiger charge is -2.40. The molecule has 2 aromatic rings. The number of esters is 1. The molecule has 0 spiro atoms. The van der Waals surface area contributed by atoms with E-state index in [1.54, 1.807) is 4.90 Å². The molecule has 3 rings (SSSR count). The Morgan fingerprint density at radius 1 is 1.11 bits per heavy atom. The maximum atomic E-state index is 12.8. The van der Waals surface area contributed by atoms with Crippen molar-refractivity contribution in [2.75, 3.05) is 19.7 Å². The Morgan fingerprint density at radius 2 is 1.75 bits per heavy atom. The summed E-state index contributed by atoms with van der Waals surface area (Å²) in [5.41, 5.74) is 1.12.